The largest absolute Gasteiger partial charge is 0.457 e. The lowest BCUT2D eigenvalue weighted by Gasteiger charge is -2.26. The molecule has 0 heterocycles. The first-order valence-electron chi connectivity index (χ1n) is 13.9. The van der Waals surface area contributed by atoms with Crippen LogP contribution in [-0.4, -0.2) is 0 Å². The molecule has 0 aromatic heterocycles. The van der Waals surface area contributed by atoms with E-state index in [9.17, 15) is 4.57 Å². The highest BCUT2D eigenvalue weighted by molar-refractivity contribution is 14.2. The molecule has 0 fully saturated rings. The Labute approximate surface area is 264 Å². The van der Waals surface area contributed by atoms with Crippen LogP contribution in [0.1, 0.15) is 77.6 Å². The summed E-state index contributed by atoms with van der Waals surface area (Å²) in [5.74, 6) is 0.816. The van der Waals surface area contributed by atoms with E-state index in [1.165, 1.54) is 33.4 Å². The second kappa shape index (κ2) is 11.0. The van der Waals surface area contributed by atoms with E-state index in [4.69, 9.17) is 15.9 Å². The molecule has 0 radical (unpaired) electrons. The fourth-order valence-electron chi connectivity index (χ4n) is 5.49. The van der Waals surface area contributed by atoms with Gasteiger partial charge in [0.05, 0.1) is 0 Å². The van der Waals surface area contributed by atoms with Crippen LogP contribution in [0.5, 0.6) is 11.5 Å². The molecule has 1 aliphatic rings. The Bertz CT molecular complexity index is 1760. The maximum absolute atomic E-state index is 12.5. The molecule has 2 atom stereocenters. The fourth-order valence-corrected chi connectivity index (χ4v) is 10.1. The average molecular weight is 713 g/mol. The van der Waals surface area contributed by atoms with Crippen molar-refractivity contribution in [1.29, 1.82) is 0 Å². The normalized spacial score (nSPS) is 15.2. The zero-order valence-electron chi connectivity index (χ0n) is 25.0. The number of benzene rings is 4. The zero-order chi connectivity index (χ0) is 29.9. The predicted molar refractivity (Wildman–Crippen MR) is 191 cm³/mol. The van der Waals surface area contributed by atoms with Crippen LogP contribution in [0, 0.1) is 0 Å². The predicted octanol–water partition coefficient (Wildman–Crippen LogP) is 10.6. The molecule has 1 aliphatic carbocycles. The lowest BCUT2D eigenvalue weighted by atomic mass is 9.80. The molecule has 2 nitrogen and oxygen atoms in total. The van der Waals surface area contributed by atoms with Gasteiger partial charge in [0.2, 0.25) is 0 Å². The first-order chi connectivity index (χ1) is 19.1. The maximum Gasteiger partial charge on any atom is 0.166 e. The number of ether oxygens (including phenoxy) is 1. The molecule has 6 heteroatoms. The topological polar surface area (TPSA) is 26.3 Å². The first-order valence-corrected chi connectivity index (χ1v) is 21.0. The zero-order valence-corrected chi connectivity index (χ0v) is 29.8. The van der Waals surface area contributed by atoms with E-state index < -0.39 is 12.4 Å². The van der Waals surface area contributed by atoms with E-state index in [0.717, 1.165) is 27.9 Å². The molecular weight excluding hydrogens is 674 g/mol. The standard InChI is InChI=1S/C35H38IO2PS2/c1-33(2,3)24-18-25(34(4,5)6)20-27(19-24)38-26-12-16-30-29-15-11-23(17-31(29)35(7,8)32(30)21-26)22-9-13-28(14-10-22)39(37)41(36)40/h9-21,41H,1-8H3. The molecule has 0 bridgehead atoms. The summed E-state index contributed by atoms with van der Waals surface area (Å²) in [6.07, 6.45) is 0. The van der Waals surface area contributed by atoms with E-state index >= 15 is 0 Å². The number of rotatable bonds is 4. The molecule has 0 N–H and O–H groups in total. The van der Waals surface area contributed by atoms with Crippen molar-refractivity contribution < 1.29 is 9.30 Å². The van der Waals surface area contributed by atoms with Gasteiger partial charge in [-0.15, -0.1) is 0 Å². The molecular formula is C35H38IO2PS2. The Morgan fingerprint density at radius 3 is 1.76 bits per heavy atom. The van der Waals surface area contributed by atoms with Crippen molar-refractivity contribution in [2.75, 3.05) is 0 Å². The monoisotopic (exact) mass is 712 g/mol. The molecule has 2 unspecified atom stereocenters. The van der Waals surface area contributed by atoms with Gasteiger partial charge >= 0.3 is 0 Å². The van der Waals surface area contributed by atoms with E-state index in [-0.39, 0.29) is 16.2 Å². The maximum atomic E-state index is 12.5. The van der Waals surface area contributed by atoms with Crippen molar-refractivity contribution in [3.63, 3.8) is 0 Å². The molecule has 0 aliphatic heterocycles. The molecule has 214 valence electrons. The highest BCUT2D eigenvalue weighted by Crippen LogP contribution is 2.51. The van der Waals surface area contributed by atoms with Gasteiger partial charge in [-0.1, -0.05) is 91.8 Å². The van der Waals surface area contributed by atoms with Gasteiger partial charge in [-0.3, -0.25) is 4.57 Å². The second-order valence-electron chi connectivity index (χ2n) is 13.5. The number of fused-ring (bicyclic) bond motifs is 3. The van der Waals surface area contributed by atoms with Gasteiger partial charge in [0, 0.05) is 10.7 Å². The van der Waals surface area contributed by atoms with E-state index in [0.29, 0.717) is 0 Å². The lowest BCUT2D eigenvalue weighted by molar-refractivity contribution is 0.471. The number of thiol groups is 1. The van der Waals surface area contributed by atoms with Crippen LogP contribution < -0.4 is 10.0 Å². The summed E-state index contributed by atoms with van der Waals surface area (Å²) in [5.41, 5.74) is 9.83. The molecule has 41 heavy (non-hydrogen) atoms. The minimum Gasteiger partial charge on any atom is -0.457 e. The molecule has 4 aromatic carbocycles. The van der Waals surface area contributed by atoms with E-state index in [2.05, 4.69) is 143 Å². The van der Waals surface area contributed by atoms with Crippen LogP contribution in [-0.2, 0) is 37.8 Å². The van der Waals surface area contributed by atoms with Crippen molar-refractivity contribution >= 4 is 50.1 Å². The van der Waals surface area contributed by atoms with Crippen molar-refractivity contribution in [1.82, 2.24) is 0 Å². The van der Waals surface area contributed by atoms with Crippen LogP contribution in [0.25, 0.3) is 22.3 Å². The Morgan fingerprint density at radius 2 is 1.22 bits per heavy atom. The summed E-state index contributed by atoms with van der Waals surface area (Å²) in [4.78, 5) is 0. The third-order valence-corrected chi connectivity index (χ3v) is 15.5. The first kappa shape index (κ1) is 30.5. The fraction of sp³-hybridized carbons (Fsp3) is 0.314. The SMILES string of the molecule is CC(C)(C)c1cc(Oc2ccc3c(c2)C(C)(C)c2cc(-c4ccc(P(=O)=[SH](=S)I)cc4)ccc2-3)cc(C(C)(C)C)c1. The highest BCUT2D eigenvalue weighted by Gasteiger charge is 2.36. The summed E-state index contributed by atoms with van der Waals surface area (Å²) in [6.45, 7) is 16.6. The van der Waals surface area contributed by atoms with Gasteiger partial charge in [0.25, 0.3) is 0 Å². The summed E-state index contributed by atoms with van der Waals surface area (Å²) in [5, 5.41) is 0.836. The minimum absolute atomic E-state index is 0.0286. The van der Waals surface area contributed by atoms with E-state index in [1.54, 1.807) is 0 Å². The molecule has 0 spiro atoms. The Morgan fingerprint density at radius 1 is 0.707 bits per heavy atom. The van der Waals surface area contributed by atoms with Crippen LogP contribution in [0.15, 0.2) is 78.9 Å². The molecule has 0 saturated heterocycles. The molecule has 4 aromatic rings. The van der Waals surface area contributed by atoms with Gasteiger partial charge in [-0.25, -0.2) is 0 Å². The third kappa shape index (κ3) is 6.11. The quantitative estimate of drug-likeness (QED) is 0.0988. The average Bonchev–Trinajstić information content (AvgIpc) is 3.13. The second-order valence-corrected chi connectivity index (χ2v) is 26.3. The van der Waals surface area contributed by atoms with Crippen LogP contribution in [0.2, 0.25) is 0 Å². The molecule has 5 rings (SSSR count). The Kier molecular flexibility index (Phi) is 8.17. The van der Waals surface area contributed by atoms with Crippen molar-refractivity contribution in [3.05, 3.63) is 101 Å². The summed E-state index contributed by atoms with van der Waals surface area (Å²) in [7, 11) is 0. The number of halogens is 1. The van der Waals surface area contributed by atoms with Crippen LogP contribution in [0.3, 0.4) is 0 Å². The van der Waals surface area contributed by atoms with Gasteiger partial charge < -0.3 is 4.74 Å². The van der Waals surface area contributed by atoms with Gasteiger partial charge in [-0.2, -0.15) is 0 Å². The van der Waals surface area contributed by atoms with Crippen molar-refractivity contribution in [3.8, 4) is 33.8 Å². The van der Waals surface area contributed by atoms with Crippen molar-refractivity contribution in [2.45, 2.75) is 71.6 Å². The van der Waals surface area contributed by atoms with Gasteiger partial charge in [-0.05, 0) is 136 Å². The minimum atomic E-state index is -1.50. The van der Waals surface area contributed by atoms with E-state index in [1.807, 2.05) is 12.1 Å². The summed E-state index contributed by atoms with van der Waals surface area (Å²) < 4.78 is 19.1. The van der Waals surface area contributed by atoms with Crippen molar-refractivity contribution in [2.24, 2.45) is 0 Å². The smallest absolute Gasteiger partial charge is 0.166 e. The Hall–Kier alpha value is -1.92. The highest BCUT2D eigenvalue weighted by atomic mass is 127. The lowest BCUT2D eigenvalue weighted by Crippen LogP contribution is -2.16. The number of hydrogen-bond acceptors (Lipinski definition) is 3. The van der Waals surface area contributed by atoms with Gasteiger partial charge in [0.15, 0.2) is 6.58 Å². The third-order valence-electron chi connectivity index (χ3n) is 8.09. The number of hydrogen-bond donors (Lipinski definition) is 1. The van der Waals surface area contributed by atoms with Crippen LogP contribution in [0.4, 0.5) is 0 Å². The van der Waals surface area contributed by atoms with Gasteiger partial charge in [0.1, 0.15) is 11.5 Å². The van der Waals surface area contributed by atoms with Crippen LogP contribution >= 0.6 is 27.8 Å². The summed E-state index contributed by atoms with van der Waals surface area (Å²) >= 11 is 7.39. The summed E-state index contributed by atoms with van der Waals surface area (Å²) in [6, 6.07) is 28.0. The Balaban J connectivity index is 1.49. The molecule has 0 amide bonds. The molecule has 0 saturated carbocycles.